The number of aromatic nitrogens is 2. The maximum Gasteiger partial charge on any atom is 0.277 e. The standard InChI is InChI=1S/C18H22N4O4S/c1-12(13-4-5-14-15(8-13)25-11-24-14)19-16(23)10-27-18-21-20-17(26-18)9-22-6-2-3-7-22/h4-5,8,12H,2-3,6-7,9-11H2,1H3,(H,19,23)/t12-/m0/s1. The predicted octanol–water partition coefficient (Wildman–Crippen LogP) is 2.36. The number of fused-ring (bicyclic) bond motifs is 1. The average molecular weight is 390 g/mol. The van der Waals surface area contributed by atoms with Crippen molar-refractivity contribution in [3.8, 4) is 11.5 Å². The zero-order chi connectivity index (χ0) is 18.6. The van der Waals surface area contributed by atoms with Crippen LogP contribution in [0.5, 0.6) is 11.5 Å². The summed E-state index contributed by atoms with van der Waals surface area (Å²) in [6.07, 6.45) is 2.44. The molecule has 3 heterocycles. The molecule has 1 aromatic carbocycles. The first kappa shape index (κ1) is 18.1. The van der Waals surface area contributed by atoms with Crippen molar-refractivity contribution in [3.63, 3.8) is 0 Å². The van der Waals surface area contributed by atoms with E-state index < -0.39 is 0 Å². The van der Waals surface area contributed by atoms with Crippen molar-refractivity contribution in [2.75, 3.05) is 25.6 Å². The maximum absolute atomic E-state index is 12.2. The van der Waals surface area contributed by atoms with Crippen molar-refractivity contribution in [1.82, 2.24) is 20.4 Å². The van der Waals surface area contributed by atoms with Gasteiger partial charge in [-0.3, -0.25) is 9.69 Å². The Balaban J connectivity index is 1.25. The highest BCUT2D eigenvalue weighted by atomic mass is 32.2. The summed E-state index contributed by atoms with van der Waals surface area (Å²) in [6.45, 7) is 5.00. The molecular weight excluding hydrogens is 368 g/mol. The molecule has 4 rings (SSSR count). The van der Waals surface area contributed by atoms with Gasteiger partial charge in [-0.2, -0.15) is 0 Å². The topological polar surface area (TPSA) is 89.7 Å². The van der Waals surface area contributed by atoms with E-state index in [-0.39, 0.29) is 24.5 Å². The lowest BCUT2D eigenvalue weighted by molar-refractivity contribution is -0.119. The Morgan fingerprint density at radius 2 is 2.07 bits per heavy atom. The van der Waals surface area contributed by atoms with E-state index in [1.807, 2.05) is 25.1 Å². The van der Waals surface area contributed by atoms with Crippen molar-refractivity contribution in [2.24, 2.45) is 0 Å². The van der Waals surface area contributed by atoms with Crippen LogP contribution in [0, 0.1) is 0 Å². The SMILES string of the molecule is C[C@H](NC(=O)CSc1nnc(CN2CCCC2)o1)c1ccc2c(c1)OCO2. The molecule has 1 aromatic heterocycles. The third-order valence-electron chi connectivity index (χ3n) is 4.61. The van der Waals surface area contributed by atoms with Gasteiger partial charge in [-0.1, -0.05) is 17.8 Å². The van der Waals surface area contributed by atoms with Crippen LogP contribution in [0.15, 0.2) is 27.8 Å². The summed E-state index contributed by atoms with van der Waals surface area (Å²) in [5.41, 5.74) is 0.961. The van der Waals surface area contributed by atoms with Crippen LogP contribution >= 0.6 is 11.8 Å². The lowest BCUT2D eigenvalue weighted by atomic mass is 10.1. The fraction of sp³-hybridized carbons (Fsp3) is 0.500. The molecule has 0 aliphatic carbocycles. The number of hydrogen-bond acceptors (Lipinski definition) is 8. The lowest BCUT2D eigenvalue weighted by Gasteiger charge is -2.14. The normalized spacial score (nSPS) is 17.2. The Hall–Kier alpha value is -2.26. The number of amides is 1. The molecule has 0 unspecified atom stereocenters. The first-order valence-electron chi connectivity index (χ1n) is 9.04. The van der Waals surface area contributed by atoms with E-state index in [9.17, 15) is 4.79 Å². The Morgan fingerprint density at radius 3 is 2.93 bits per heavy atom. The summed E-state index contributed by atoms with van der Waals surface area (Å²) in [6, 6.07) is 5.54. The Bertz CT molecular complexity index is 806. The van der Waals surface area contributed by atoms with Crippen molar-refractivity contribution < 1.29 is 18.7 Å². The number of thioether (sulfide) groups is 1. The Morgan fingerprint density at radius 1 is 1.26 bits per heavy atom. The molecule has 0 radical (unpaired) electrons. The van der Waals surface area contributed by atoms with Crippen LogP contribution in [0.4, 0.5) is 0 Å². The molecule has 27 heavy (non-hydrogen) atoms. The number of benzene rings is 1. The maximum atomic E-state index is 12.2. The van der Waals surface area contributed by atoms with Crippen LogP contribution in [0.25, 0.3) is 0 Å². The van der Waals surface area contributed by atoms with Gasteiger partial charge in [0.05, 0.1) is 18.3 Å². The molecule has 0 saturated carbocycles. The van der Waals surface area contributed by atoms with E-state index in [2.05, 4.69) is 20.4 Å². The summed E-state index contributed by atoms with van der Waals surface area (Å²) in [4.78, 5) is 14.5. The molecule has 1 N–H and O–H groups in total. The van der Waals surface area contributed by atoms with Crippen LogP contribution < -0.4 is 14.8 Å². The smallest absolute Gasteiger partial charge is 0.277 e. The second-order valence-corrected chi connectivity index (χ2v) is 7.56. The van der Waals surface area contributed by atoms with Crippen molar-refractivity contribution in [2.45, 2.75) is 37.6 Å². The highest BCUT2D eigenvalue weighted by Gasteiger charge is 2.18. The molecule has 8 nitrogen and oxygen atoms in total. The highest BCUT2D eigenvalue weighted by molar-refractivity contribution is 7.99. The van der Waals surface area contributed by atoms with Crippen molar-refractivity contribution in [1.29, 1.82) is 0 Å². The molecule has 1 atom stereocenters. The first-order chi connectivity index (χ1) is 13.2. The van der Waals surface area contributed by atoms with Gasteiger partial charge < -0.3 is 19.2 Å². The van der Waals surface area contributed by atoms with Gasteiger partial charge in [0, 0.05) is 0 Å². The lowest BCUT2D eigenvalue weighted by Crippen LogP contribution is -2.28. The van der Waals surface area contributed by atoms with Gasteiger partial charge in [-0.05, 0) is 50.6 Å². The van der Waals surface area contributed by atoms with Crippen LogP contribution in [-0.4, -0.2) is 46.6 Å². The fourth-order valence-electron chi connectivity index (χ4n) is 3.17. The summed E-state index contributed by atoms with van der Waals surface area (Å²) in [5.74, 6) is 2.17. The number of likely N-dealkylation sites (tertiary alicyclic amines) is 1. The zero-order valence-electron chi connectivity index (χ0n) is 15.1. The first-order valence-corrected chi connectivity index (χ1v) is 10.0. The average Bonchev–Trinajstić information content (AvgIpc) is 3.41. The second-order valence-electron chi connectivity index (χ2n) is 6.64. The molecule has 0 bridgehead atoms. The molecule has 1 fully saturated rings. The number of hydrogen-bond donors (Lipinski definition) is 1. The largest absolute Gasteiger partial charge is 0.454 e. The summed E-state index contributed by atoms with van der Waals surface area (Å²) < 4.78 is 16.3. The van der Waals surface area contributed by atoms with E-state index in [1.54, 1.807) is 0 Å². The van der Waals surface area contributed by atoms with Gasteiger partial charge in [0.25, 0.3) is 5.22 Å². The van der Waals surface area contributed by atoms with E-state index in [4.69, 9.17) is 13.9 Å². The monoisotopic (exact) mass is 390 g/mol. The molecule has 2 aromatic rings. The molecule has 1 saturated heterocycles. The highest BCUT2D eigenvalue weighted by Crippen LogP contribution is 2.34. The Labute approximate surface area is 161 Å². The van der Waals surface area contributed by atoms with Crippen LogP contribution in [0.1, 0.15) is 37.3 Å². The molecule has 2 aliphatic heterocycles. The van der Waals surface area contributed by atoms with Gasteiger partial charge in [0.15, 0.2) is 11.5 Å². The molecule has 144 valence electrons. The Kier molecular flexibility index (Phi) is 5.49. The van der Waals surface area contributed by atoms with Gasteiger partial charge in [0.2, 0.25) is 18.6 Å². The van der Waals surface area contributed by atoms with Gasteiger partial charge in [-0.25, -0.2) is 0 Å². The van der Waals surface area contributed by atoms with Gasteiger partial charge in [-0.15, -0.1) is 10.2 Å². The van der Waals surface area contributed by atoms with Gasteiger partial charge in [0.1, 0.15) is 0 Å². The van der Waals surface area contributed by atoms with Crippen LogP contribution in [-0.2, 0) is 11.3 Å². The number of carbonyl (C=O) groups excluding carboxylic acids is 1. The van der Waals surface area contributed by atoms with Crippen molar-refractivity contribution >= 4 is 17.7 Å². The number of nitrogens with zero attached hydrogens (tertiary/aromatic N) is 3. The van der Waals surface area contributed by atoms with E-state index in [0.717, 1.165) is 24.4 Å². The third-order valence-corrected chi connectivity index (χ3v) is 5.43. The quantitative estimate of drug-likeness (QED) is 0.721. The number of ether oxygens (including phenoxy) is 2. The second kappa shape index (κ2) is 8.18. The fourth-order valence-corrected chi connectivity index (χ4v) is 3.76. The molecule has 1 amide bonds. The number of carbonyl (C=O) groups is 1. The zero-order valence-corrected chi connectivity index (χ0v) is 16.0. The summed E-state index contributed by atoms with van der Waals surface area (Å²) in [7, 11) is 0. The predicted molar refractivity (Wildman–Crippen MR) is 98.7 cm³/mol. The minimum Gasteiger partial charge on any atom is -0.454 e. The third kappa shape index (κ3) is 4.54. The van der Waals surface area contributed by atoms with E-state index in [1.165, 1.54) is 24.6 Å². The molecule has 0 spiro atoms. The molecule has 9 heteroatoms. The van der Waals surface area contributed by atoms with Crippen LogP contribution in [0.3, 0.4) is 0 Å². The number of nitrogens with one attached hydrogen (secondary N) is 1. The van der Waals surface area contributed by atoms with E-state index >= 15 is 0 Å². The van der Waals surface area contributed by atoms with Gasteiger partial charge >= 0.3 is 0 Å². The van der Waals surface area contributed by atoms with Crippen LogP contribution in [0.2, 0.25) is 0 Å². The molecule has 2 aliphatic rings. The minimum absolute atomic E-state index is 0.0931. The minimum atomic E-state index is -0.138. The van der Waals surface area contributed by atoms with Crippen molar-refractivity contribution in [3.05, 3.63) is 29.7 Å². The van der Waals surface area contributed by atoms with E-state index in [0.29, 0.717) is 23.4 Å². The molecular formula is C18H22N4O4S. The summed E-state index contributed by atoms with van der Waals surface area (Å²) >= 11 is 1.25. The summed E-state index contributed by atoms with van der Waals surface area (Å²) in [5, 5.41) is 11.5. The number of rotatable bonds is 7.